The van der Waals surface area contributed by atoms with Gasteiger partial charge in [0.2, 0.25) is 5.13 Å². The van der Waals surface area contributed by atoms with Gasteiger partial charge in [0, 0.05) is 17.5 Å². The second-order valence-electron chi connectivity index (χ2n) is 7.46. The van der Waals surface area contributed by atoms with Crippen LogP contribution in [0, 0.1) is 0 Å². The van der Waals surface area contributed by atoms with E-state index in [4.69, 9.17) is 9.47 Å². The minimum atomic E-state index is -0.204. The van der Waals surface area contributed by atoms with E-state index in [1.165, 1.54) is 11.3 Å². The molecule has 0 fully saturated rings. The van der Waals surface area contributed by atoms with Crippen molar-refractivity contribution in [3.8, 4) is 22.8 Å². The lowest BCUT2D eigenvalue weighted by atomic mass is 10.2. The third-order valence-corrected chi connectivity index (χ3v) is 5.65. The van der Waals surface area contributed by atoms with Crippen molar-refractivity contribution in [2.24, 2.45) is 5.10 Å². The number of carbonyl (C=O) groups is 1. The molecule has 1 aromatic heterocycles. The topological polar surface area (TPSA) is 84.8 Å². The first kappa shape index (κ1) is 24.0. The van der Waals surface area contributed by atoms with Gasteiger partial charge in [-0.25, -0.2) is 4.98 Å². The summed E-state index contributed by atoms with van der Waals surface area (Å²) in [5.41, 5.74) is 6.79. The number of benzene rings is 3. The van der Waals surface area contributed by atoms with Crippen LogP contribution in [0.1, 0.15) is 18.1 Å². The summed E-state index contributed by atoms with van der Waals surface area (Å²) < 4.78 is 11.4. The molecule has 4 rings (SSSR count). The summed E-state index contributed by atoms with van der Waals surface area (Å²) in [7, 11) is 0. The Bertz CT molecular complexity index is 1260. The molecule has 0 atom stereocenters. The maximum absolute atomic E-state index is 12.2. The number of ether oxygens (including phenoxy) is 2. The molecular formula is C27H26N4O3S. The average molecular weight is 487 g/mol. The van der Waals surface area contributed by atoms with Crippen LogP contribution >= 0.6 is 11.3 Å². The summed E-state index contributed by atoms with van der Waals surface area (Å²) in [6.45, 7) is 2.72. The summed E-state index contributed by atoms with van der Waals surface area (Å²) in [6, 6.07) is 25.2. The van der Waals surface area contributed by atoms with E-state index in [1.54, 1.807) is 12.3 Å². The minimum Gasteiger partial charge on any atom is -0.490 e. The van der Waals surface area contributed by atoms with Gasteiger partial charge in [-0.3, -0.25) is 10.2 Å². The van der Waals surface area contributed by atoms with Crippen LogP contribution in [0.5, 0.6) is 11.5 Å². The Kier molecular flexibility index (Phi) is 8.45. The van der Waals surface area contributed by atoms with Crippen LogP contribution in [0.3, 0.4) is 0 Å². The number of nitrogens with one attached hydrogen (secondary N) is 2. The first-order chi connectivity index (χ1) is 17.2. The molecule has 8 heteroatoms. The van der Waals surface area contributed by atoms with E-state index in [1.807, 2.05) is 85.1 Å². The number of anilines is 1. The fourth-order valence-electron chi connectivity index (χ4n) is 3.21. The molecule has 0 aliphatic carbocycles. The third-order valence-electron chi connectivity index (χ3n) is 4.91. The van der Waals surface area contributed by atoms with Crippen LogP contribution in [0.15, 0.2) is 89.3 Å². The quantitative estimate of drug-likeness (QED) is 0.221. The maximum Gasteiger partial charge on any atom is 0.258 e. The highest BCUT2D eigenvalue weighted by Crippen LogP contribution is 2.28. The molecule has 0 radical (unpaired) electrons. The smallest absolute Gasteiger partial charge is 0.258 e. The monoisotopic (exact) mass is 486 g/mol. The lowest BCUT2D eigenvalue weighted by Crippen LogP contribution is -2.28. The molecule has 1 amide bonds. The van der Waals surface area contributed by atoms with Crippen molar-refractivity contribution in [3.05, 3.63) is 95.4 Å². The summed E-state index contributed by atoms with van der Waals surface area (Å²) in [4.78, 5) is 16.7. The molecule has 0 bridgehead atoms. The predicted octanol–water partition coefficient (Wildman–Crippen LogP) is 5.35. The third kappa shape index (κ3) is 7.15. The lowest BCUT2D eigenvalue weighted by Gasteiger charge is -2.12. The van der Waals surface area contributed by atoms with E-state index in [9.17, 15) is 4.79 Å². The number of hydrogen-bond donors (Lipinski definition) is 2. The van der Waals surface area contributed by atoms with Gasteiger partial charge in [0.15, 0.2) is 18.1 Å². The molecule has 0 spiro atoms. The summed E-state index contributed by atoms with van der Waals surface area (Å²) >= 11 is 1.49. The number of rotatable bonds is 11. The molecule has 0 aliphatic heterocycles. The fraction of sp³-hybridized carbons (Fsp3) is 0.148. The van der Waals surface area contributed by atoms with Crippen LogP contribution < -0.4 is 20.2 Å². The van der Waals surface area contributed by atoms with Crippen molar-refractivity contribution >= 4 is 28.6 Å². The molecule has 1 heterocycles. The number of hydrazone groups is 1. The van der Waals surface area contributed by atoms with Crippen molar-refractivity contribution in [1.82, 2.24) is 10.3 Å². The molecule has 0 unspecified atom stereocenters. The van der Waals surface area contributed by atoms with Gasteiger partial charge >= 0.3 is 0 Å². The zero-order valence-electron chi connectivity index (χ0n) is 19.3. The number of thiazole rings is 1. The summed E-state index contributed by atoms with van der Waals surface area (Å²) in [6.07, 6.45) is 1.68. The second-order valence-corrected chi connectivity index (χ2v) is 8.32. The Morgan fingerprint density at radius 3 is 2.54 bits per heavy atom. The van der Waals surface area contributed by atoms with E-state index in [0.29, 0.717) is 29.8 Å². The van der Waals surface area contributed by atoms with Gasteiger partial charge in [0.1, 0.15) is 0 Å². The molecular weight excluding hydrogens is 460 g/mol. The van der Waals surface area contributed by atoms with Crippen LogP contribution in [-0.4, -0.2) is 30.3 Å². The maximum atomic E-state index is 12.2. The molecule has 7 nitrogen and oxygen atoms in total. The van der Waals surface area contributed by atoms with Crippen LogP contribution in [-0.2, 0) is 11.3 Å². The molecule has 2 N–H and O–H groups in total. The van der Waals surface area contributed by atoms with Gasteiger partial charge in [0.25, 0.3) is 5.91 Å². The van der Waals surface area contributed by atoms with Gasteiger partial charge < -0.3 is 14.8 Å². The molecule has 35 heavy (non-hydrogen) atoms. The van der Waals surface area contributed by atoms with Crippen LogP contribution in [0.2, 0.25) is 0 Å². The standard InChI is InChI=1S/C27H26N4O3S/c1-2-33-25-15-21(17-29-31-27-30-23(19-35-27)22-11-7-4-8-12-22)13-14-24(25)34-18-26(32)28-16-20-9-5-3-6-10-20/h3-15,17,19H,2,16,18H2,1H3,(H,28,32)(H,30,31). The Balaban J connectivity index is 1.32. The van der Waals surface area contributed by atoms with E-state index in [-0.39, 0.29) is 12.5 Å². The van der Waals surface area contributed by atoms with E-state index in [2.05, 4.69) is 20.8 Å². The van der Waals surface area contributed by atoms with Gasteiger partial charge in [0.05, 0.1) is 18.5 Å². The summed E-state index contributed by atoms with van der Waals surface area (Å²) in [5.74, 6) is 0.844. The van der Waals surface area contributed by atoms with Crippen molar-refractivity contribution in [2.75, 3.05) is 18.6 Å². The van der Waals surface area contributed by atoms with Gasteiger partial charge in [-0.2, -0.15) is 5.10 Å². The Morgan fingerprint density at radius 1 is 1.00 bits per heavy atom. The van der Waals surface area contributed by atoms with Gasteiger partial charge in [-0.05, 0) is 36.2 Å². The normalized spacial score (nSPS) is 10.8. The average Bonchev–Trinajstić information content (AvgIpc) is 3.37. The fourth-order valence-corrected chi connectivity index (χ4v) is 3.88. The second kappa shape index (κ2) is 12.3. The minimum absolute atomic E-state index is 0.101. The van der Waals surface area contributed by atoms with Crippen molar-refractivity contribution in [2.45, 2.75) is 13.5 Å². The van der Waals surface area contributed by atoms with Gasteiger partial charge in [-0.15, -0.1) is 11.3 Å². The van der Waals surface area contributed by atoms with Crippen molar-refractivity contribution < 1.29 is 14.3 Å². The molecule has 178 valence electrons. The highest BCUT2D eigenvalue weighted by atomic mass is 32.1. The number of nitrogens with zero attached hydrogens (tertiary/aromatic N) is 2. The zero-order valence-corrected chi connectivity index (χ0v) is 20.1. The predicted molar refractivity (Wildman–Crippen MR) is 140 cm³/mol. The highest BCUT2D eigenvalue weighted by Gasteiger charge is 2.09. The van der Waals surface area contributed by atoms with E-state index >= 15 is 0 Å². The van der Waals surface area contributed by atoms with E-state index in [0.717, 1.165) is 22.4 Å². The van der Waals surface area contributed by atoms with Crippen LogP contribution in [0.4, 0.5) is 5.13 Å². The SMILES string of the molecule is CCOc1cc(C=NNc2nc(-c3ccccc3)cs2)ccc1OCC(=O)NCc1ccccc1. The van der Waals surface area contributed by atoms with Crippen molar-refractivity contribution in [3.63, 3.8) is 0 Å². The largest absolute Gasteiger partial charge is 0.490 e. The van der Waals surface area contributed by atoms with Crippen LogP contribution in [0.25, 0.3) is 11.3 Å². The molecule has 0 aliphatic rings. The molecule has 0 saturated carbocycles. The zero-order chi connectivity index (χ0) is 24.3. The highest BCUT2D eigenvalue weighted by molar-refractivity contribution is 7.14. The number of carbonyl (C=O) groups excluding carboxylic acids is 1. The Hall–Kier alpha value is -4.17. The lowest BCUT2D eigenvalue weighted by molar-refractivity contribution is -0.123. The van der Waals surface area contributed by atoms with Crippen molar-refractivity contribution in [1.29, 1.82) is 0 Å². The number of hydrogen-bond acceptors (Lipinski definition) is 7. The summed E-state index contributed by atoms with van der Waals surface area (Å²) in [5, 5.41) is 9.83. The molecule has 0 saturated heterocycles. The first-order valence-corrected chi connectivity index (χ1v) is 12.1. The number of amides is 1. The van der Waals surface area contributed by atoms with Gasteiger partial charge in [-0.1, -0.05) is 60.7 Å². The Labute approximate surface area is 208 Å². The van der Waals surface area contributed by atoms with E-state index < -0.39 is 0 Å². The molecule has 3 aromatic carbocycles. The number of aromatic nitrogens is 1. The Morgan fingerprint density at radius 2 is 1.77 bits per heavy atom. The first-order valence-electron chi connectivity index (χ1n) is 11.2. The molecule has 4 aromatic rings.